The minimum absolute atomic E-state index is 0. The maximum absolute atomic E-state index is 10.8. The molecule has 0 spiro atoms. The van der Waals surface area contributed by atoms with Gasteiger partial charge in [-0.05, 0) is 17.5 Å². The minimum atomic E-state index is -0.0521. The summed E-state index contributed by atoms with van der Waals surface area (Å²) in [7, 11) is 0. The molecule has 0 saturated heterocycles. The van der Waals surface area contributed by atoms with E-state index in [1.807, 2.05) is 30.3 Å². The summed E-state index contributed by atoms with van der Waals surface area (Å²) in [6, 6.07) is 11.0. The van der Waals surface area contributed by atoms with Crippen molar-refractivity contribution >= 4 is 30.7 Å². The fourth-order valence-corrected chi connectivity index (χ4v) is 1.10. The van der Waals surface area contributed by atoms with Crippen LogP contribution in [0.15, 0.2) is 41.2 Å². The number of benzene rings is 1. The van der Waals surface area contributed by atoms with Crippen molar-refractivity contribution < 1.29 is 0 Å². The van der Waals surface area contributed by atoms with E-state index < -0.39 is 0 Å². The molecular formula is C9H7GaNO. The number of aromatic nitrogens is 1. The van der Waals surface area contributed by atoms with Crippen LogP contribution >= 0.6 is 0 Å². The van der Waals surface area contributed by atoms with Crippen molar-refractivity contribution in [1.29, 1.82) is 0 Å². The van der Waals surface area contributed by atoms with E-state index >= 15 is 0 Å². The van der Waals surface area contributed by atoms with Gasteiger partial charge < -0.3 is 4.98 Å². The molecule has 2 aromatic rings. The molecular weight excluding hydrogens is 208 g/mol. The van der Waals surface area contributed by atoms with Gasteiger partial charge in [-0.3, -0.25) is 4.79 Å². The summed E-state index contributed by atoms with van der Waals surface area (Å²) in [5.74, 6) is 0. The van der Waals surface area contributed by atoms with Crippen LogP contribution in [-0.4, -0.2) is 24.8 Å². The molecule has 1 aromatic carbocycles. The maximum atomic E-state index is 10.8. The summed E-state index contributed by atoms with van der Waals surface area (Å²) in [6.07, 6.45) is 0. The van der Waals surface area contributed by atoms with Crippen LogP contribution in [0.25, 0.3) is 10.9 Å². The average molecular weight is 215 g/mol. The Bertz CT molecular complexity index is 435. The molecule has 0 aliphatic carbocycles. The first-order valence-corrected chi connectivity index (χ1v) is 3.44. The summed E-state index contributed by atoms with van der Waals surface area (Å²) < 4.78 is 0. The Labute approximate surface area is 82.7 Å². The van der Waals surface area contributed by atoms with Crippen molar-refractivity contribution in [3.63, 3.8) is 0 Å². The molecule has 12 heavy (non-hydrogen) atoms. The Hall–Kier alpha value is -0.934. The number of nitrogens with one attached hydrogen (secondary N) is 1. The number of aromatic amines is 1. The van der Waals surface area contributed by atoms with Crippen LogP contribution in [0.3, 0.4) is 0 Å². The monoisotopic (exact) mass is 214 g/mol. The number of H-pyrrole nitrogens is 1. The van der Waals surface area contributed by atoms with Gasteiger partial charge in [0.15, 0.2) is 0 Å². The minimum Gasteiger partial charge on any atom is -0.322 e. The van der Waals surface area contributed by atoms with Crippen molar-refractivity contribution in [2.24, 2.45) is 0 Å². The topological polar surface area (TPSA) is 32.9 Å². The maximum Gasteiger partial charge on any atom is 0.248 e. The number of para-hydroxylation sites is 1. The molecule has 1 aromatic heterocycles. The van der Waals surface area contributed by atoms with E-state index in [-0.39, 0.29) is 25.3 Å². The normalized spacial score (nSPS) is 9.33. The van der Waals surface area contributed by atoms with Gasteiger partial charge in [0, 0.05) is 31.4 Å². The van der Waals surface area contributed by atoms with Gasteiger partial charge in [0.1, 0.15) is 0 Å². The Kier molecular flexibility index (Phi) is 2.78. The summed E-state index contributed by atoms with van der Waals surface area (Å²) >= 11 is 0. The predicted molar refractivity (Wildman–Crippen MR) is 50.3 cm³/mol. The molecule has 2 nitrogen and oxygen atoms in total. The van der Waals surface area contributed by atoms with Crippen molar-refractivity contribution in [2.75, 3.05) is 0 Å². The smallest absolute Gasteiger partial charge is 0.248 e. The van der Waals surface area contributed by atoms with Crippen molar-refractivity contribution in [2.45, 2.75) is 0 Å². The zero-order valence-electron chi connectivity index (χ0n) is 6.45. The van der Waals surface area contributed by atoms with E-state index in [1.54, 1.807) is 0 Å². The Morgan fingerprint density at radius 2 is 1.75 bits per heavy atom. The summed E-state index contributed by atoms with van der Waals surface area (Å²) in [6.45, 7) is 0. The fraction of sp³-hybridized carbons (Fsp3) is 0. The number of fused-ring (bicyclic) bond motifs is 1. The zero-order valence-corrected chi connectivity index (χ0v) is 8.87. The van der Waals surface area contributed by atoms with Crippen molar-refractivity contribution in [3.8, 4) is 0 Å². The van der Waals surface area contributed by atoms with Gasteiger partial charge in [-0.1, -0.05) is 18.2 Å². The molecule has 0 fully saturated rings. The molecule has 0 unspecified atom stereocenters. The van der Waals surface area contributed by atoms with E-state index in [9.17, 15) is 4.79 Å². The first kappa shape index (κ1) is 9.16. The molecule has 0 aliphatic heterocycles. The van der Waals surface area contributed by atoms with Gasteiger partial charge in [-0.25, -0.2) is 0 Å². The van der Waals surface area contributed by atoms with Gasteiger partial charge in [-0.2, -0.15) is 0 Å². The van der Waals surface area contributed by atoms with Crippen molar-refractivity contribution in [1.82, 2.24) is 4.98 Å². The third kappa shape index (κ3) is 1.62. The molecule has 0 aliphatic rings. The molecule has 1 heterocycles. The molecule has 3 heteroatoms. The fourth-order valence-electron chi connectivity index (χ4n) is 1.10. The van der Waals surface area contributed by atoms with E-state index in [2.05, 4.69) is 4.98 Å². The number of hydrogen-bond donors (Lipinski definition) is 1. The first-order chi connectivity index (χ1) is 5.36. The second kappa shape index (κ2) is 3.65. The molecule has 0 amide bonds. The molecule has 0 atom stereocenters. The molecule has 3 radical (unpaired) electrons. The third-order valence-electron chi connectivity index (χ3n) is 1.63. The average Bonchev–Trinajstić information content (AvgIpc) is 2.04. The van der Waals surface area contributed by atoms with Crippen LogP contribution < -0.4 is 5.56 Å². The molecule has 0 bridgehead atoms. The Morgan fingerprint density at radius 1 is 1.00 bits per heavy atom. The van der Waals surface area contributed by atoms with Crippen LogP contribution in [-0.2, 0) is 0 Å². The van der Waals surface area contributed by atoms with Crippen LogP contribution in [0.2, 0.25) is 0 Å². The largest absolute Gasteiger partial charge is 0.322 e. The molecule has 2 rings (SSSR count). The summed E-state index contributed by atoms with van der Waals surface area (Å²) in [4.78, 5) is 13.6. The van der Waals surface area contributed by atoms with E-state index in [4.69, 9.17) is 0 Å². The second-order valence-electron chi connectivity index (χ2n) is 2.41. The number of hydrogen-bond acceptors (Lipinski definition) is 1. The number of rotatable bonds is 0. The van der Waals surface area contributed by atoms with Gasteiger partial charge in [0.25, 0.3) is 0 Å². The summed E-state index contributed by atoms with van der Waals surface area (Å²) in [5.41, 5.74) is 0.837. The second-order valence-corrected chi connectivity index (χ2v) is 2.41. The van der Waals surface area contributed by atoms with E-state index in [0.29, 0.717) is 0 Å². The van der Waals surface area contributed by atoms with Crippen LogP contribution in [0.1, 0.15) is 0 Å². The molecule has 1 N–H and O–H groups in total. The first-order valence-electron chi connectivity index (χ1n) is 3.44. The van der Waals surface area contributed by atoms with Crippen molar-refractivity contribution in [3.05, 3.63) is 46.8 Å². The van der Waals surface area contributed by atoms with Gasteiger partial charge in [-0.15, -0.1) is 0 Å². The zero-order chi connectivity index (χ0) is 7.68. The summed E-state index contributed by atoms with van der Waals surface area (Å²) in [5, 5.41) is 1.06. The Morgan fingerprint density at radius 3 is 2.58 bits per heavy atom. The van der Waals surface area contributed by atoms with Crippen LogP contribution in [0, 0.1) is 0 Å². The standard InChI is InChI=1S/C9H7NO.Ga/c11-9-6-5-7-3-1-2-4-8(7)10-9;/h1-6H,(H,10,11);. The predicted octanol–water partition coefficient (Wildman–Crippen LogP) is 1.15. The molecule has 57 valence electrons. The van der Waals surface area contributed by atoms with Crippen LogP contribution in [0.5, 0.6) is 0 Å². The van der Waals surface area contributed by atoms with E-state index in [0.717, 1.165) is 10.9 Å². The van der Waals surface area contributed by atoms with Crippen LogP contribution in [0.4, 0.5) is 0 Å². The van der Waals surface area contributed by atoms with Gasteiger partial charge in [0.2, 0.25) is 5.56 Å². The third-order valence-corrected chi connectivity index (χ3v) is 1.63. The van der Waals surface area contributed by atoms with Gasteiger partial charge in [0.05, 0.1) is 0 Å². The SMILES string of the molecule is O=c1ccc2ccccc2[nH]1.[Ga]. The quantitative estimate of drug-likeness (QED) is 0.656. The number of pyridine rings is 1. The van der Waals surface area contributed by atoms with Gasteiger partial charge >= 0.3 is 0 Å². The molecule has 0 saturated carbocycles. The van der Waals surface area contributed by atoms with E-state index in [1.165, 1.54) is 6.07 Å². The Balaban J connectivity index is 0.000000720.